The summed E-state index contributed by atoms with van der Waals surface area (Å²) >= 11 is 2.86. The van der Waals surface area contributed by atoms with Gasteiger partial charge in [0.05, 0.1) is 33.2 Å². The highest BCUT2D eigenvalue weighted by atomic mass is 32.2. The number of methoxy groups -OCH3 is 1. The largest absolute Gasteiger partial charge is 0.495 e. The molecule has 0 radical (unpaired) electrons. The number of ether oxygens (including phenoxy) is 1. The minimum atomic E-state index is -0.519. The highest BCUT2D eigenvalue weighted by Crippen LogP contribution is 2.33. The zero-order chi connectivity index (χ0) is 18.7. The first-order chi connectivity index (χ1) is 12.5. The van der Waals surface area contributed by atoms with Crippen molar-refractivity contribution < 1.29 is 14.5 Å². The SMILES string of the molecule is COc1ccc([N+](=O)[O-])cc1NC(=O)[C@@H](C)Sc1nc2ccccc2s1. The van der Waals surface area contributed by atoms with E-state index < -0.39 is 10.2 Å². The molecule has 9 heteroatoms. The van der Waals surface area contributed by atoms with Crippen LogP contribution >= 0.6 is 23.1 Å². The third-order valence-corrected chi connectivity index (χ3v) is 5.80. The Bertz CT molecular complexity index is 941. The summed E-state index contributed by atoms with van der Waals surface area (Å²) in [6.45, 7) is 1.76. The molecule has 1 heterocycles. The third kappa shape index (κ3) is 3.94. The van der Waals surface area contributed by atoms with E-state index >= 15 is 0 Å². The number of non-ortho nitro benzene ring substituents is 1. The maximum atomic E-state index is 12.5. The molecule has 1 atom stereocenters. The van der Waals surface area contributed by atoms with Gasteiger partial charge in [0.15, 0.2) is 4.34 Å². The van der Waals surface area contributed by atoms with E-state index in [9.17, 15) is 14.9 Å². The van der Waals surface area contributed by atoms with Crippen LogP contribution in [-0.2, 0) is 4.79 Å². The van der Waals surface area contributed by atoms with Crippen molar-refractivity contribution in [2.24, 2.45) is 0 Å². The van der Waals surface area contributed by atoms with Crippen LogP contribution in [0.5, 0.6) is 5.75 Å². The lowest BCUT2D eigenvalue weighted by Crippen LogP contribution is -2.22. The quantitative estimate of drug-likeness (QED) is 0.383. The van der Waals surface area contributed by atoms with Crippen molar-refractivity contribution in [1.29, 1.82) is 0 Å². The van der Waals surface area contributed by atoms with Crippen molar-refractivity contribution in [2.75, 3.05) is 12.4 Å². The fourth-order valence-corrected chi connectivity index (χ4v) is 4.46. The Morgan fingerprint density at radius 3 is 2.81 bits per heavy atom. The molecular weight excluding hydrogens is 374 g/mol. The van der Waals surface area contributed by atoms with E-state index in [0.717, 1.165) is 14.6 Å². The molecule has 134 valence electrons. The average molecular weight is 389 g/mol. The van der Waals surface area contributed by atoms with Gasteiger partial charge in [0.1, 0.15) is 5.75 Å². The molecule has 3 aromatic rings. The first-order valence-corrected chi connectivity index (χ1v) is 9.33. The third-order valence-electron chi connectivity index (χ3n) is 3.57. The van der Waals surface area contributed by atoms with Crippen molar-refractivity contribution in [3.05, 3.63) is 52.6 Å². The number of amides is 1. The summed E-state index contributed by atoms with van der Waals surface area (Å²) in [5.41, 5.74) is 1.05. The molecule has 1 N–H and O–H groups in total. The van der Waals surface area contributed by atoms with Gasteiger partial charge >= 0.3 is 0 Å². The standard InChI is InChI=1S/C17H15N3O4S2/c1-10(25-17-19-12-5-3-4-6-15(12)26-17)16(21)18-13-9-11(20(22)23)7-8-14(13)24-2/h3-10H,1-2H3,(H,18,21)/t10-/m1/s1. The van der Waals surface area contributed by atoms with Gasteiger partial charge < -0.3 is 10.1 Å². The number of fused-ring (bicyclic) bond motifs is 1. The van der Waals surface area contributed by atoms with Crippen LogP contribution in [0.15, 0.2) is 46.8 Å². The number of nitrogens with zero attached hydrogens (tertiary/aromatic N) is 2. The fraction of sp³-hybridized carbons (Fsp3) is 0.176. The smallest absolute Gasteiger partial charge is 0.271 e. The van der Waals surface area contributed by atoms with Crippen LogP contribution in [0, 0.1) is 10.1 Å². The lowest BCUT2D eigenvalue weighted by atomic mass is 10.2. The number of aromatic nitrogens is 1. The molecule has 0 fully saturated rings. The number of hydrogen-bond acceptors (Lipinski definition) is 7. The van der Waals surface area contributed by atoms with E-state index in [1.165, 1.54) is 48.4 Å². The summed E-state index contributed by atoms with van der Waals surface area (Å²) in [5, 5.41) is 13.2. The predicted molar refractivity (Wildman–Crippen MR) is 103 cm³/mol. The second-order valence-electron chi connectivity index (χ2n) is 5.34. The van der Waals surface area contributed by atoms with Gasteiger partial charge in [0.2, 0.25) is 5.91 Å². The molecule has 0 spiro atoms. The van der Waals surface area contributed by atoms with Crippen LogP contribution in [0.3, 0.4) is 0 Å². The number of nitrogens with one attached hydrogen (secondary N) is 1. The number of hydrogen-bond donors (Lipinski definition) is 1. The van der Waals surface area contributed by atoms with E-state index in [-0.39, 0.29) is 17.3 Å². The molecular formula is C17H15N3O4S2. The molecule has 2 aromatic carbocycles. The number of thiazole rings is 1. The zero-order valence-electron chi connectivity index (χ0n) is 14.0. The minimum Gasteiger partial charge on any atom is -0.495 e. The van der Waals surface area contributed by atoms with Gasteiger partial charge in [-0.3, -0.25) is 14.9 Å². The highest BCUT2D eigenvalue weighted by molar-refractivity contribution is 8.02. The number of nitro groups is 1. The molecule has 0 aliphatic carbocycles. The van der Waals surface area contributed by atoms with Gasteiger partial charge in [-0.05, 0) is 25.1 Å². The second-order valence-corrected chi connectivity index (χ2v) is 7.96. The Labute approximate surface area is 157 Å². The summed E-state index contributed by atoms with van der Waals surface area (Å²) in [4.78, 5) is 27.4. The number of para-hydroxylation sites is 1. The summed E-state index contributed by atoms with van der Waals surface area (Å²) in [7, 11) is 1.44. The van der Waals surface area contributed by atoms with Crippen molar-refractivity contribution in [3.63, 3.8) is 0 Å². The zero-order valence-corrected chi connectivity index (χ0v) is 15.6. The van der Waals surface area contributed by atoms with Crippen molar-refractivity contribution in [2.45, 2.75) is 16.5 Å². The second kappa shape index (κ2) is 7.71. The fourth-order valence-electron chi connectivity index (χ4n) is 2.25. The number of nitro benzene ring substituents is 1. The molecule has 1 amide bonds. The van der Waals surface area contributed by atoms with Gasteiger partial charge in [-0.15, -0.1) is 11.3 Å². The summed E-state index contributed by atoms with van der Waals surface area (Å²) in [5.74, 6) is 0.0780. The lowest BCUT2D eigenvalue weighted by Gasteiger charge is -2.13. The van der Waals surface area contributed by atoms with Gasteiger partial charge in [-0.25, -0.2) is 4.98 Å². The van der Waals surface area contributed by atoms with Crippen LogP contribution in [0.2, 0.25) is 0 Å². The monoisotopic (exact) mass is 389 g/mol. The van der Waals surface area contributed by atoms with E-state index in [2.05, 4.69) is 10.3 Å². The molecule has 0 saturated heterocycles. The molecule has 0 saturated carbocycles. The van der Waals surface area contributed by atoms with Gasteiger partial charge in [-0.2, -0.15) is 0 Å². The summed E-state index contributed by atoms with van der Waals surface area (Å²) in [6, 6.07) is 11.8. The number of benzene rings is 2. The van der Waals surface area contributed by atoms with Crippen LogP contribution in [0.1, 0.15) is 6.92 Å². The predicted octanol–water partition coefficient (Wildman–Crippen LogP) is 4.33. The Balaban J connectivity index is 1.74. The Morgan fingerprint density at radius 1 is 1.35 bits per heavy atom. The number of carbonyl (C=O) groups is 1. The number of rotatable bonds is 6. The normalized spacial score (nSPS) is 11.9. The number of thioether (sulfide) groups is 1. The van der Waals surface area contributed by atoms with Crippen LogP contribution in [0.25, 0.3) is 10.2 Å². The Hall–Kier alpha value is -2.65. The highest BCUT2D eigenvalue weighted by Gasteiger charge is 2.20. The molecule has 1 aromatic heterocycles. The first-order valence-electron chi connectivity index (χ1n) is 7.63. The van der Waals surface area contributed by atoms with Crippen LogP contribution in [-0.4, -0.2) is 28.2 Å². The van der Waals surface area contributed by atoms with E-state index in [0.29, 0.717) is 5.75 Å². The van der Waals surface area contributed by atoms with E-state index in [1.807, 2.05) is 24.3 Å². The van der Waals surface area contributed by atoms with Gasteiger partial charge in [0, 0.05) is 12.1 Å². The van der Waals surface area contributed by atoms with E-state index in [1.54, 1.807) is 6.92 Å². The molecule has 0 bridgehead atoms. The lowest BCUT2D eigenvalue weighted by molar-refractivity contribution is -0.384. The molecule has 7 nitrogen and oxygen atoms in total. The van der Waals surface area contributed by atoms with Gasteiger partial charge in [-0.1, -0.05) is 23.9 Å². The summed E-state index contributed by atoms with van der Waals surface area (Å²) in [6.07, 6.45) is 0. The maximum absolute atomic E-state index is 12.5. The molecule has 3 rings (SSSR count). The number of anilines is 1. The van der Waals surface area contributed by atoms with Crippen molar-refractivity contribution in [3.8, 4) is 5.75 Å². The van der Waals surface area contributed by atoms with E-state index in [4.69, 9.17) is 4.74 Å². The first kappa shape index (κ1) is 18.2. The Morgan fingerprint density at radius 2 is 2.12 bits per heavy atom. The van der Waals surface area contributed by atoms with Crippen LogP contribution in [0.4, 0.5) is 11.4 Å². The van der Waals surface area contributed by atoms with Crippen molar-refractivity contribution in [1.82, 2.24) is 4.98 Å². The molecule has 0 aliphatic rings. The number of carbonyl (C=O) groups excluding carboxylic acids is 1. The molecule has 0 aliphatic heterocycles. The van der Waals surface area contributed by atoms with Crippen LogP contribution < -0.4 is 10.1 Å². The average Bonchev–Trinajstić information content (AvgIpc) is 3.03. The molecule has 26 heavy (non-hydrogen) atoms. The maximum Gasteiger partial charge on any atom is 0.271 e. The minimum absolute atomic E-state index is 0.118. The van der Waals surface area contributed by atoms with Gasteiger partial charge in [0.25, 0.3) is 5.69 Å². The molecule has 0 unspecified atom stereocenters. The Kier molecular flexibility index (Phi) is 5.38. The van der Waals surface area contributed by atoms with Crippen molar-refractivity contribution >= 4 is 50.6 Å². The summed E-state index contributed by atoms with van der Waals surface area (Å²) < 4.78 is 7.01. The topological polar surface area (TPSA) is 94.4 Å².